The van der Waals surface area contributed by atoms with Gasteiger partial charge in [-0.2, -0.15) is 0 Å². The standard InChI is InChI=1S/C17H23NOS/c1-12(2)16-8-5-13(3)9-17(16)19-11-15-7-6-14(20-15)10-18-4/h5-9,12,18H,10-11H2,1-4H3. The normalized spacial score (nSPS) is 11.1. The molecule has 0 saturated carbocycles. The van der Waals surface area contributed by atoms with Crippen LogP contribution in [0, 0.1) is 6.92 Å². The van der Waals surface area contributed by atoms with E-state index >= 15 is 0 Å². The van der Waals surface area contributed by atoms with Crippen molar-refractivity contribution in [1.29, 1.82) is 0 Å². The van der Waals surface area contributed by atoms with Gasteiger partial charge in [-0.25, -0.2) is 0 Å². The summed E-state index contributed by atoms with van der Waals surface area (Å²) in [5.74, 6) is 1.50. The van der Waals surface area contributed by atoms with Crippen LogP contribution in [0.1, 0.15) is 40.6 Å². The Morgan fingerprint density at radius 3 is 2.60 bits per heavy atom. The molecule has 0 aliphatic carbocycles. The highest BCUT2D eigenvalue weighted by atomic mass is 32.1. The third kappa shape index (κ3) is 3.84. The second-order valence-electron chi connectivity index (χ2n) is 5.38. The Labute approximate surface area is 125 Å². The molecule has 2 rings (SSSR count). The van der Waals surface area contributed by atoms with Crippen LogP contribution in [0.15, 0.2) is 30.3 Å². The molecule has 1 heterocycles. The minimum absolute atomic E-state index is 0.480. The number of benzene rings is 1. The van der Waals surface area contributed by atoms with Gasteiger partial charge in [0.05, 0.1) is 0 Å². The van der Waals surface area contributed by atoms with Crippen LogP contribution in [0.2, 0.25) is 0 Å². The summed E-state index contributed by atoms with van der Waals surface area (Å²) in [5, 5.41) is 3.17. The Morgan fingerprint density at radius 2 is 1.90 bits per heavy atom. The molecular formula is C17H23NOS. The Kier molecular flexibility index (Phi) is 5.21. The summed E-state index contributed by atoms with van der Waals surface area (Å²) in [4.78, 5) is 2.62. The van der Waals surface area contributed by atoms with E-state index in [1.165, 1.54) is 20.9 Å². The average Bonchev–Trinajstić information content (AvgIpc) is 2.84. The summed E-state index contributed by atoms with van der Waals surface area (Å²) in [7, 11) is 1.97. The van der Waals surface area contributed by atoms with Gasteiger partial charge in [-0.1, -0.05) is 26.0 Å². The first-order chi connectivity index (χ1) is 9.60. The highest BCUT2D eigenvalue weighted by Crippen LogP contribution is 2.29. The minimum atomic E-state index is 0.480. The van der Waals surface area contributed by atoms with Crippen molar-refractivity contribution in [3.63, 3.8) is 0 Å². The predicted octanol–water partition coefficient (Wildman–Crippen LogP) is 4.48. The van der Waals surface area contributed by atoms with Crippen LogP contribution in [-0.2, 0) is 13.2 Å². The number of ether oxygens (including phenoxy) is 1. The first-order valence-corrected chi connectivity index (χ1v) is 7.87. The Morgan fingerprint density at radius 1 is 1.15 bits per heavy atom. The van der Waals surface area contributed by atoms with E-state index in [2.05, 4.69) is 56.4 Å². The third-order valence-electron chi connectivity index (χ3n) is 3.23. The van der Waals surface area contributed by atoms with Crippen LogP contribution < -0.4 is 10.1 Å². The molecule has 0 aliphatic heterocycles. The fraction of sp³-hybridized carbons (Fsp3) is 0.412. The van der Waals surface area contributed by atoms with Crippen molar-refractivity contribution in [2.75, 3.05) is 7.05 Å². The van der Waals surface area contributed by atoms with Gasteiger partial charge in [-0.3, -0.25) is 0 Å². The van der Waals surface area contributed by atoms with Crippen LogP contribution in [0.5, 0.6) is 5.75 Å². The average molecular weight is 289 g/mol. The monoisotopic (exact) mass is 289 g/mol. The van der Waals surface area contributed by atoms with Crippen LogP contribution in [-0.4, -0.2) is 7.05 Å². The summed E-state index contributed by atoms with van der Waals surface area (Å²) in [6.07, 6.45) is 0. The minimum Gasteiger partial charge on any atom is -0.488 e. The quantitative estimate of drug-likeness (QED) is 0.846. The van der Waals surface area contributed by atoms with Gasteiger partial charge in [0.1, 0.15) is 12.4 Å². The maximum atomic E-state index is 6.05. The van der Waals surface area contributed by atoms with Crippen molar-refractivity contribution in [2.45, 2.75) is 39.8 Å². The SMILES string of the molecule is CNCc1ccc(COc2cc(C)ccc2C(C)C)s1. The molecule has 2 aromatic rings. The van der Waals surface area contributed by atoms with Crippen LogP contribution in [0.25, 0.3) is 0 Å². The van der Waals surface area contributed by atoms with Crippen molar-refractivity contribution in [1.82, 2.24) is 5.32 Å². The van der Waals surface area contributed by atoms with E-state index in [1.807, 2.05) is 18.4 Å². The molecule has 1 aromatic heterocycles. The summed E-state index contributed by atoms with van der Waals surface area (Å²) >= 11 is 1.81. The molecule has 0 amide bonds. The molecule has 0 bridgehead atoms. The lowest BCUT2D eigenvalue weighted by Crippen LogP contribution is -2.02. The van der Waals surface area contributed by atoms with Crippen LogP contribution >= 0.6 is 11.3 Å². The Bertz CT molecular complexity index is 560. The number of hydrogen-bond donors (Lipinski definition) is 1. The van der Waals surface area contributed by atoms with Crippen molar-refractivity contribution < 1.29 is 4.74 Å². The van der Waals surface area contributed by atoms with E-state index in [-0.39, 0.29) is 0 Å². The number of rotatable bonds is 6. The molecule has 3 heteroatoms. The number of nitrogens with one attached hydrogen (secondary N) is 1. The third-order valence-corrected chi connectivity index (χ3v) is 4.29. The maximum absolute atomic E-state index is 6.05. The maximum Gasteiger partial charge on any atom is 0.123 e. The zero-order chi connectivity index (χ0) is 14.5. The molecule has 1 N–H and O–H groups in total. The Hall–Kier alpha value is -1.32. The molecule has 2 nitrogen and oxygen atoms in total. The van der Waals surface area contributed by atoms with Gasteiger partial charge < -0.3 is 10.1 Å². The highest BCUT2D eigenvalue weighted by molar-refractivity contribution is 7.11. The molecule has 0 fully saturated rings. The highest BCUT2D eigenvalue weighted by Gasteiger charge is 2.09. The van der Waals surface area contributed by atoms with E-state index in [0.717, 1.165) is 12.3 Å². The number of thiophene rings is 1. The van der Waals surface area contributed by atoms with Gasteiger partial charge >= 0.3 is 0 Å². The predicted molar refractivity (Wildman–Crippen MR) is 86.7 cm³/mol. The first kappa shape index (κ1) is 15.1. The molecule has 0 radical (unpaired) electrons. The topological polar surface area (TPSA) is 21.3 Å². The molecule has 0 atom stereocenters. The van der Waals surface area contributed by atoms with Gasteiger partial charge in [0.2, 0.25) is 0 Å². The largest absolute Gasteiger partial charge is 0.488 e. The van der Waals surface area contributed by atoms with E-state index in [4.69, 9.17) is 4.74 Å². The fourth-order valence-corrected chi connectivity index (χ4v) is 3.10. The lowest BCUT2D eigenvalue weighted by molar-refractivity contribution is 0.305. The molecule has 20 heavy (non-hydrogen) atoms. The van der Waals surface area contributed by atoms with E-state index in [0.29, 0.717) is 12.5 Å². The first-order valence-electron chi connectivity index (χ1n) is 7.05. The molecule has 0 unspecified atom stereocenters. The fourth-order valence-electron chi connectivity index (χ4n) is 2.16. The zero-order valence-electron chi connectivity index (χ0n) is 12.7. The van der Waals surface area contributed by atoms with Crippen molar-refractivity contribution in [3.8, 4) is 5.75 Å². The van der Waals surface area contributed by atoms with Crippen molar-refractivity contribution in [2.24, 2.45) is 0 Å². The molecule has 108 valence electrons. The van der Waals surface area contributed by atoms with E-state index in [9.17, 15) is 0 Å². The molecule has 0 aliphatic rings. The zero-order valence-corrected chi connectivity index (χ0v) is 13.5. The van der Waals surface area contributed by atoms with Gasteiger partial charge in [-0.05, 0) is 49.2 Å². The number of aryl methyl sites for hydroxylation is 1. The number of hydrogen-bond acceptors (Lipinski definition) is 3. The lowest BCUT2D eigenvalue weighted by atomic mass is 10.0. The smallest absolute Gasteiger partial charge is 0.123 e. The second-order valence-corrected chi connectivity index (χ2v) is 6.64. The van der Waals surface area contributed by atoms with Gasteiger partial charge in [-0.15, -0.1) is 11.3 Å². The van der Waals surface area contributed by atoms with Crippen LogP contribution in [0.4, 0.5) is 0 Å². The summed E-state index contributed by atoms with van der Waals surface area (Å²) in [5.41, 5.74) is 2.52. The van der Waals surface area contributed by atoms with E-state index in [1.54, 1.807) is 0 Å². The molecule has 0 saturated heterocycles. The lowest BCUT2D eigenvalue weighted by Gasteiger charge is -2.14. The summed E-state index contributed by atoms with van der Waals surface area (Å²) in [6.45, 7) is 8.08. The summed E-state index contributed by atoms with van der Waals surface area (Å²) in [6, 6.07) is 10.8. The van der Waals surface area contributed by atoms with Gasteiger partial charge in [0.15, 0.2) is 0 Å². The molecular weight excluding hydrogens is 266 g/mol. The van der Waals surface area contributed by atoms with Crippen LogP contribution in [0.3, 0.4) is 0 Å². The second kappa shape index (κ2) is 6.91. The molecule has 0 spiro atoms. The van der Waals surface area contributed by atoms with Crippen molar-refractivity contribution >= 4 is 11.3 Å². The molecule has 1 aromatic carbocycles. The van der Waals surface area contributed by atoms with Crippen molar-refractivity contribution in [3.05, 3.63) is 51.2 Å². The van der Waals surface area contributed by atoms with Gasteiger partial charge in [0, 0.05) is 16.3 Å². The van der Waals surface area contributed by atoms with E-state index < -0.39 is 0 Å². The Balaban J connectivity index is 2.07. The van der Waals surface area contributed by atoms with Gasteiger partial charge in [0.25, 0.3) is 0 Å². The summed E-state index contributed by atoms with van der Waals surface area (Å²) < 4.78 is 6.05.